The average molecular weight is 286 g/mol. The first kappa shape index (κ1) is 14.6. The molecule has 0 bridgehead atoms. The molecule has 3 heteroatoms. The van der Waals surface area contributed by atoms with Crippen LogP contribution in [0.1, 0.15) is 63.2 Å². The molecule has 1 saturated carbocycles. The van der Waals surface area contributed by atoms with Gasteiger partial charge in [0.15, 0.2) is 0 Å². The van der Waals surface area contributed by atoms with Gasteiger partial charge in [0.05, 0.1) is 0 Å². The van der Waals surface area contributed by atoms with Crippen LogP contribution in [0.15, 0.2) is 24.3 Å². The van der Waals surface area contributed by atoms with Gasteiger partial charge in [0.25, 0.3) is 0 Å². The fourth-order valence-electron chi connectivity index (χ4n) is 3.42. The van der Waals surface area contributed by atoms with Crippen LogP contribution in [0.2, 0.25) is 0 Å². The fourth-order valence-corrected chi connectivity index (χ4v) is 3.42. The third kappa shape index (κ3) is 2.59. The van der Waals surface area contributed by atoms with Crippen molar-refractivity contribution in [2.75, 3.05) is 0 Å². The van der Waals surface area contributed by atoms with E-state index in [1.54, 1.807) is 0 Å². The maximum Gasteiger partial charge on any atom is 0.244 e. The minimum atomic E-state index is -0.241. The predicted molar refractivity (Wildman–Crippen MR) is 84.9 cm³/mol. The summed E-state index contributed by atoms with van der Waals surface area (Å²) < 4.78 is 0. The lowest BCUT2D eigenvalue weighted by molar-refractivity contribution is -0.132. The molecule has 1 N–H and O–H groups in total. The molecule has 3 rings (SSSR count). The lowest BCUT2D eigenvalue weighted by Crippen LogP contribution is -2.38. The highest BCUT2D eigenvalue weighted by molar-refractivity contribution is 5.92. The Morgan fingerprint density at radius 1 is 1.43 bits per heavy atom. The molecule has 1 spiro atoms. The lowest BCUT2D eigenvalue weighted by atomic mass is 10.1. The Morgan fingerprint density at radius 2 is 2.19 bits per heavy atom. The normalized spacial score (nSPS) is 24.6. The Labute approximate surface area is 127 Å². The fraction of sp³-hybridized carbons (Fsp3) is 0.611. The van der Waals surface area contributed by atoms with Gasteiger partial charge >= 0.3 is 0 Å². The summed E-state index contributed by atoms with van der Waals surface area (Å²) >= 11 is 0. The molecule has 0 aromatic heterocycles. The quantitative estimate of drug-likeness (QED) is 0.898. The second kappa shape index (κ2) is 5.45. The third-order valence-electron chi connectivity index (χ3n) is 4.89. The number of rotatable bonds is 5. The van der Waals surface area contributed by atoms with Gasteiger partial charge in [-0.25, -0.2) is 0 Å². The Morgan fingerprint density at radius 3 is 2.81 bits per heavy atom. The van der Waals surface area contributed by atoms with Crippen LogP contribution in [0, 0.1) is 6.92 Å². The monoisotopic (exact) mass is 286 g/mol. The predicted octanol–water partition coefficient (Wildman–Crippen LogP) is 3.54. The summed E-state index contributed by atoms with van der Waals surface area (Å²) in [4.78, 5) is 14.9. The molecule has 2 atom stereocenters. The summed E-state index contributed by atoms with van der Waals surface area (Å²) in [7, 11) is 0. The van der Waals surface area contributed by atoms with E-state index in [1.807, 2.05) is 0 Å². The number of hydrogen-bond acceptors (Lipinski definition) is 2. The van der Waals surface area contributed by atoms with Crippen LogP contribution in [0.5, 0.6) is 0 Å². The molecule has 2 fully saturated rings. The number of unbranched alkanes of at least 4 members (excludes halogenated alkanes) is 1. The first-order chi connectivity index (χ1) is 10.1. The lowest BCUT2D eigenvalue weighted by Gasteiger charge is -2.31. The summed E-state index contributed by atoms with van der Waals surface area (Å²) in [5.41, 5.74) is 2.23. The standard InChI is InChI=1S/C18H26N2O/c1-4-5-8-14(3)20-16(15-9-6-7-13(2)12-15)19-18(10-11-18)17(20)21/h6-7,9,12,14,16,19H,4-5,8,10-11H2,1-3H3. The van der Waals surface area contributed by atoms with Crippen LogP contribution in [0.3, 0.4) is 0 Å². The van der Waals surface area contributed by atoms with Gasteiger partial charge in [-0.15, -0.1) is 0 Å². The summed E-state index contributed by atoms with van der Waals surface area (Å²) in [6.45, 7) is 6.51. The molecule has 1 aliphatic heterocycles. The molecule has 1 saturated heterocycles. The molecule has 21 heavy (non-hydrogen) atoms. The Balaban J connectivity index is 1.88. The number of benzene rings is 1. The van der Waals surface area contributed by atoms with Gasteiger partial charge in [-0.1, -0.05) is 49.6 Å². The molecule has 2 aliphatic rings. The van der Waals surface area contributed by atoms with Crippen molar-refractivity contribution in [3.05, 3.63) is 35.4 Å². The van der Waals surface area contributed by atoms with Crippen LogP contribution in [-0.4, -0.2) is 22.4 Å². The van der Waals surface area contributed by atoms with Crippen molar-refractivity contribution in [1.82, 2.24) is 10.2 Å². The number of amides is 1. The van der Waals surface area contributed by atoms with Crippen molar-refractivity contribution in [3.8, 4) is 0 Å². The second-order valence-electron chi connectivity index (χ2n) is 6.75. The van der Waals surface area contributed by atoms with Crippen molar-refractivity contribution in [3.63, 3.8) is 0 Å². The van der Waals surface area contributed by atoms with E-state index in [-0.39, 0.29) is 11.7 Å². The topological polar surface area (TPSA) is 32.3 Å². The highest BCUT2D eigenvalue weighted by Gasteiger charge is 2.60. The average Bonchev–Trinajstić information content (AvgIpc) is 3.18. The molecule has 2 unspecified atom stereocenters. The molecular formula is C18H26N2O. The van der Waals surface area contributed by atoms with Gasteiger partial charge < -0.3 is 4.90 Å². The molecule has 1 aromatic rings. The number of carbonyl (C=O) groups is 1. The molecule has 1 amide bonds. The highest BCUT2D eigenvalue weighted by atomic mass is 16.2. The molecular weight excluding hydrogens is 260 g/mol. The zero-order valence-electron chi connectivity index (χ0n) is 13.4. The van der Waals surface area contributed by atoms with Crippen molar-refractivity contribution >= 4 is 5.91 Å². The van der Waals surface area contributed by atoms with Crippen LogP contribution in [0.25, 0.3) is 0 Å². The van der Waals surface area contributed by atoms with E-state index in [9.17, 15) is 4.79 Å². The second-order valence-corrected chi connectivity index (χ2v) is 6.75. The van der Waals surface area contributed by atoms with Gasteiger partial charge in [-0.3, -0.25) is 10.1 Å². The van der Waals surface area contributed by atoms with E-state index in [4.69, 9.17) is 0 Å². The van der Waals surface area contributed by atoms with E-state index >= 15 is 0 Å². The van der Waals surface area contributed by atoms with E-state index in [1.165, 1.54) is 24.0 Å². The molecule has 1 aliphatic carbocycles. The molecule has 114 valence electrons. The van der Waals surface area contributed by atoms with Gasteiger partial charge in [0.1, 0.15) is 11.7 Å². The Kier molecular flexibility index (Phi) is 3.78. The first-order valence-electron chi connectivity index (χ1n) is 8.24. The Hall–Kier alpha value is -1.35. The van der Waals surface area contributed by atoms with E-state index < -0.39 is 0 Å². The summed E-state index contributed by atoms with van der Waals surface area (Å²) in [5, 5.41) is 3.62. The van der Waals surface area contributed by atoms with Crippen LogP contribution < -0.4 is 5.32 Å². The van der Waals surface area contributed by atoms with E-state index in [0.717, 1.165) is 19.3 Å². The van der Waals surface area contributed by atoms with Crippen molar-refractivity contribution in [2.45, 2.75) is 70.6 Å². The SMILES string of the molecule is CCCCC(C)N1C(=O)C2(CC2)NC1c1cccc(C)c1. The largest absolute Gasteiger partial charge is 0.319 e. The maximum absolute atomic E-state index is 12.8. The van der Waals surface area contributed by atoms with Crippen molar-refractivity contribution in [2.24, 2.45) is 0 Å². The smallest absolute Gasteiger partial charge is 0.244 e. The maximum atomic E-state index is 12.8. The number of nitrogens with one attached hydrogen (secondary N) is 1. The summed E-state index contributed by atoms with van der Waals surface area (Å²) in [5.74, 6) is 0.317. The van der Waals surface area contributed by atoms with E-state index in [0.29, 0.717) is 11.9 Å². The minimum absolute atomic E-state index is 0.0479. The van der Waals surface area contributed by atoms with Gasteiger partial charge in [0, 0.05) is 6.04 Å². The molecule has 1 aromatic carbocycles. The molecule has 0 radical (unpaired) electrons. The number of hydrogen-bond donors (Lipinski definition) is 1. The van der Waals surface area contributed by atoms with Gasteiger partial charge in [0.2, 0.25) is 5.91 Å². The van der Waals surface area contributed by atoms with Gasteiger partial charge in [-0.05, 0) is 38.7 Å². The molecule has 3 nitrogen and oxygen atoms in total. The van der Waals surface area contributed by atoms with Crippen LogP contribution in [0.4, 0.5) is 0 Å². The third-order valence-corrected chi connectivity index (χ3v) is 4.89. The number of aryl methyl sites for hydroxylation is 1. The summed E-state index contributed by atoms with van der Waals surface area (Å²) in [6.07, 6.45) is 5.48. The zero-order chi connectivity index (χ0) is 15.0. The Bertz CT molecular complexity index is 536. The van der Waals surface area contributed by atoms with Crippen molar-refractivity contribution < 1.29 is 4.79 Å². The van der Waals surface area contributed by atoms with Crippen LogP contribution >= 0.6 is 0 Å². The van der Waals surface area contributed by atoms with E-state index in [2.05, 4.69) is 55.3 Å². The minimum Gasteiger partial charge on any atom is -0.319 e. The zero-order valence-corrected chi connectivity index (χ0v) is 13.4. The number of nitrogens with zero attached hydrogens (tertiary/aromatic N) is 1. The number of carbonyl (C=O) groups excluding carboxylic acids is 1. The summed E-state index contributed by atoms with van der Waals surface area (Å²) in [6, 6.07) is 8.84. The first-order valence-corrected chi connectivity index (χ1v) is 8.24. The van der Waals surface area contributed by atoms with Crippen LogP contribution in [-0.2, 0) is 4.79 Å². The molecule has 1 heterocycles. The van der Waals surface area contributed by atoms with Gasteiger partial charge in [-0.2, -0.15) is 0 Å². The highest BCUT2D eigenvalue weighted by Crippen LogP contribution is 2.47. The van der Waals surface area contributed by atoms with Crippen molar-refractivity contribution in [1.29, 1.82) is 0 Å².